The highest BCUT2D eigenvalue weighted by Crippen LogP contribution is 2.40. The minimum absolute atomic E-state index is 0.613. The highest BCUT2D eigenvalue weighted by atomic mass is 15.0. The molecule has 1 aliphatic carbocycles. The van der Waals surface area contributed by atoms with Crippen LogP contribution >= 0.6 is 0 Å². The Labute approximate surface area is 367 Å². The first-order chi connectivity index (χ1) is 31.2. The average molecular weight is 809 g/mol. The summed E-state index contributed by atoms with van der Waals surface area (Å²) < 4.78 is 4.77. The number of aliphatic imine (C=N–C) groups is 2. The normalized spacial score (nSPS) is 13.3. The largest absolute Gasteiger partial charge is 0.309 e. The number of hydrogen-bond donors (Lipinski definition) is 0. The molecule has 0 amide bonds. The maximum atomic E-state index is 5.21. The van der Waals surface area contributed by atoms with E-state index in [4.69, 9.17) is 4.99 Å². The third-order valence-corrected chi connectivity index (χ3v) is 12.4. The lowest BCUT2D eigenvalue weighted by molar-refractivity contribution is 0.956. The maximum absolute atomic E-state index is 5.21. The number of allylic oxidation sites excluding steroid dienone is 5. The number of rotatable bonds is 9. The number of fused-ring (bicyclic) bond motifs is 6. The zero-order chi connectivity index (χ0) is 42.1. The smallest absolute Gasteiger partial charge is 0.159 e. The second kappa shape index (κ2) is 16.4. The van der Waals surface area contributed by atoms with Gasteiger partial charge in [0.25, 0.3) is 0 Å². The molecule has 0 radical (unpaired) electrons. The third kappa shape index (κ3) is 7.02. The molecule has 0 N–H and O–H groups in total. The van der Waals surface area contributed by atoms with Crippen molar-refractivity contribution < 1.29 is 0 Å². The maximum Gasteiger partial charge on any atom is 0.159 e. The van der Waals surface area contributed by atoms with Crippen molar-refractivity contribution in [3.05, 3.63) is 241 Å². The fourth-order valence-electron chi connectivity index (χ4n) is 9.37. The van der Waals surface area contributed by atoms with E-state index in [9.17, 15) is 0 Å². The van der Waals surface area contributed by atoms with Gasteiger partial charge in [0.15, 0.2) is 5.84 Å². The molecular weight excluding hydrogens is 765 g/mol. The van der Waals surface area contributed by atoms with Crippen molar-refractivity contribution >= 4 is 56.2 Å². The zero-order valence-corrected chi connectivity index (χ0v) is 34.9. The van der Waals surface area contributed by atoms with Crippen LogP contribution in [-0.2, 0) is 6.42 Å². The van der Waals surface area contributed by atoms with Crippen molar-refractivity contribution in [2.24, 2.45) is 9.98 Å². The first kappa shape index (κ1) is 37.9. The number of nitrogens with zero attached hydrogens (tertiary/aromatic N) is 4. The number of benzene rings is 8. The topological polar surface area (TPSA) is 34.6 Å². The summed E-state index contributed by atoms with van der Waals surface area (Å²) >= 11 is 0. The van der Waals surface area contributed by atoms with Gasteiger partial charge in [0.2, 0.25) is 0 Å². The lowest BCUT2D eigenvalue weighted by Gasteiger charge is -2.13. The molecular formula is C59H44N4. The van der Waals surface area contributed by atoms with E-state index in [1.165, 1.54) is 54.8 Å². The van der Waals surface area contributed by atoms with Gasteiger partial charge < -0.3 is 9.13 Å². The van der Waals surface area contributed by atoms with Crippen LogP contribution in [0.25, 0.3) is 77.2 Å². The van der Waals surface area contributed by atoms with Gasteiger partial charge >= 0.3 is 0 Å². The Balaban J connectivity index is 0.975. The quantitative estimate of drug-likeness (QED) is 0.103. The Kier molecular flexibility index (Phi) is 9.87. The predicted octanol–water partition coefficient (Wildman–Crippen LogP) is 15.1. The van der Waals surface area contributed by atoms with Gasteiger partial charge in [-0.25, -0.2) is 9.98 Å². The Morgan fingerprint density at radius 1 is 0.540 bits per heavy atom. The van der Waals surface area contributed by atoms with Crippen LogP contribution in [0.4, 0.5) is 0 Å². The summed E-state index contributed by atoms with van der Waals surface area (Å²) in [6.07, 6.45) is 11.5. The fourth-order valence-corrected chi connectivity index (χ4v) is 9.37. The van der Waals surface area contributed by atoms with E-state index < -0.39 is 0 Å². The molecule has 8 aromatic carbocycles. The number of hydrogen-bond acceptors (Lipinski definition) is 1. The van der Waals surface area contributed by atoms with Crippen LogP contribution in [0.2, 0.25) is 0 Å². The summed E-state index contributed by atoms with van der Waals surface area (Å²) in [6.45, 7) is 4.00. The van der Waals surface area contributed by atoms with E-state index in [1.807, 2.05) is 0 Å². The molecule has 0 spiro atoms. The zero-order valence-electron chi connectivity index (χ0n) is 34.9. The van der Waals surface area contributed by atoms with Gasteiger partial charge in [-0.05, 0) is 114 Å². The summed E-state index contributed by atoms with van der Waals surface area (Å²) in [5.74, 6) is 0.613. The van der Waals surface area contributed by atoms with Crippen molar-refractivity contribution in [3.63, 3.8) is 0 Å². The average Bonchev–Trinajstić information content (AvgIpc) is 3.88. The predicted molar refractivity (Wildman–Crippen MR) is 267 cm³/mol. The highest BCUT2D eigenvalue weighted by Gasteiger charge is 2.18. The van der Waals surface area contributed by atoms with E-state index in [-0.39, 0.29) is 0 Å². The molecule has 4 nitrogen and oxygen atoms in total. The molecule has 0 saturated heterocycles. The Hall–Kier alpha value is -8.08. The van der Waals surface area contributed by atoms with Gasteiger partial charge in [-0.3, -0.25) is 0 Å². The van der Waals surface area contributed by atoms with Crippen molar-refractivity contribution in [3.8, 4) is 33.6 Å². The van der Waals surface area contributed by atoms with Crippen LogP contribution in [0.1, 0.15) is 24.0 Å². The lowest BCUT2D eigenvalue weighted by Crippen LogP contribution is -2.01. The van der Waals surface area contributed by atoms with Crippen LogP contribution in [0, 0.1) is 0 Å². The second-order valence-corrected chi connectivity index (χ2v) is 16.1. The molecule has 1 aliphatic rings. The molecule has 10 aromatic rings. The fraction of sp³-hybridized carbons (Fsp3) is 0.0508. The first-order valence-corrected chi connectivity index (χ1v) is 21.7. The summed E-state index contributed by atoms with van der Waals surface area (Å²) in [4.78, 5) is 9.73. The SMILES string of the molecule is C=NC(=N/C(=C\Cc1ccccc1)C1=CC=CCC1)c1cccc(-c2cccc3c2c2ccccc2n3-c2ccc(-c3ccc4c5ccccc5n(-c5ccccc5)c4c3)cc2)c1. The molecule has 4 heteroatoms. The van der Waals surface area contributed by atoms with E-state index in [1.54, 1.807) is 0 Å². The van der Waals surface area contributed by atoms with Gasteiger partial charge in [-0.2, -0.15) is 0 Å². The van der Waals surface area contributed by atoms with Gasteiger partial charge in [0.1, 0.15) is 0 Å². The highest BCUT2D eigenvalue weighted by molar-refractivity contribution is 6.16. The summed E-state index contributed by atoms with van der Waals surface area (Å²) in [6, 6.07) is 69.7. The number of aromatic nitrogens is 2. The summed E-state index contributed by atoms with van der Waals surface area (Å²) in [5, 5.41) is 4.92. The molecule has 300 valence electrons. The van der Waals surface area contributed by atoms with Crippen LogP contribution in [0.15, 0.2) is 240 Å². The minimum Gasteiger partial charge on any atom is -0.309 e. The summed E-state index contributed by atoms with van der Waals surface area (Å²) in [7, 11) is 0. The number of amidine groups is 1. The van der Waals surface area contributed by atoms with Crippen LogP contribution < -0.4 is 0 Å². The molecule has 2 aromatic heterocycles. The van der Waals surface area contributed by atoms with Crippen molar-refractivity contribution in [2.45, 2.75) is 19.3 Å². The molecule has 0 atom stereocenters. The molecule has 0 saturated carbocycles. The van der Waals surface area contributed by atoms with Crippen molar-refractivity contribution in [1.82, 2.24) is 9.13 Å². The van der Waals surface area contributed by atoms with Gasteiger partial charge in [-0.15, -0.1) is 0 Å². The molecule has 0 fully saturated rings. The Morgan fingerprint density at radius 3 is 1.97 bits per heavy atom. The van der Waals surface area contributed by atoms with Crippen molar-refractivity contribution in [1.29, 1.82) is 0 Å². The van der Waals surface area contributed by atoms with E-state index in [0.29, 0.717) is 5.84 Å². The van der Waals surface area contributed by atoms with Gasteiger partial charge in [0, 0.05) is 38.5 Å². The third-order valence-electron chi connectivity index (χ3n) is 12.4. The molecule has 2 heterocycles. The van der Waals surface area contributed by atoms with E-state index in [2.05, 4.69) is 239 Å². The molecule has 11 rings (SSSR count). The molecule has 0 unspecified atom stereocenters. The van der Waals surface area contributed by atoms with Crippen molar-refractivity contribution in [2.75, 3.05) is 0 Å². The summed E-state index contributed by atoms with van der Waals surface area (Å²) in [5.41, 5.74) is 15.9. The number of para-hydroxylation sites is 3. The van der Waals surface area contributed by atoms with Crippen LogP contribution in [0.5, 0.6) is 0 Å². The van der Waals surface area contributed by atoms with Crippen LogP contribution in [-0.4, -0.2) is 21.7 Å². The molecule has 63 heavy (non-hydrogen) atoms. The lowest BCUT2D eigenvalue weighted by atomic mass is 9.97. The standard InChI is InChI=1S/C59H44N4/c1-60-59(61-53(43-19-7-3-8-20-43)38-31-41-17-5-2-6-18-41)46-22-15-21-45(39-46)49-27-16-30-56-58(49)52-26-12-14-29-55(52)62(56)48-35-32-42(33-36-48)44-34-37-51-50-25-11-13-28-54(50)63(57(51)40-44)47-23-9-4-10-24-47/h2-7,9-19,21-30,32-40H,1,8,20,31H2/b53-38-,61-59?. The minimum atomic E-state index is 0.613. The Bertz CT molecular complexity index is 3470. The van der Waals surface area contributed by atoms with Crippen LogP contribution in [0.3, 0.4) is 0 Å². The molecule has 0 aliphatic heterocycles. The molecule has 0 bridgehead atoms. The second-order valence-electron chi connectivity index (χ2n) is 16.1. The Morgan fingerprint density at radius 2 is 1.19 bits per heavy atom. The first-order valence-electron chi connectivity index (χ1n) is 21.7. The monoisotopic (exact) mass is 808 g/mol. The van der Waals surface area contributed by atoms with E-state index in [0.717, 1.165) is 64.1 Å². The van der Waals surface area contributed by atoms with Gasteiger partial charge in [-0.1, -0.05) is 164 Å². The van der Waals surface area contributed by atoms with Gasteiger partial charge in [0.05, 0.1) is 27.8 Å². The van der Waals surface area contributed by atoms with E-state index >= 15 is 0 Å².